The molecule has 24 heavy (non-hydrogen) atoms. The smallest absolute Gasteiger partial charge is 0.335 e. The van der Waals surface area contributed by atoms with Crippen LogP contribution in [0.1, 0.15) is 21.5 Å². The zero-order valence-electron chi connectivity index (χ0n) is 12.7. The molecule has 0 heterocycles. The van der Waals surface area contributed by atoms with Gasteiger partial charge in [-0.1, -0.05) is 30.9 Å². The molecule has 2 aromatic carbocycles. The second-order valence-electron chi connectivity index (χ2n) is 4.84. The molecular weight excluding hydrogens is 417 g/mol. The van der Waals surface area contributed by atoms with Gasteiger partial charge in [0, 0.05) is 0 Å². The Morgan fingerprint density at radius 1 is 1.25 bits per heavy atom. The number of hydrogen-bond acceptors (Lipinski definition) is 3. The zero-order valence-corrected chi connectivity index (χ0v) is 14.9. The van der Waals surface area contributed by atoms with Gasteiger partial charge in [0.05, 0.1) is 20.8 Å². The van der Waals surface area contributed by atoms with Crippen LogP contribution in [-0.4, -0.2) is 17.7 Å². The van der Waals surface area contributed by atoms with Crippen LogP contribution in [0, 0.1) is 14.9 Å². The molecule has 0 aliphatic carbocycles. The molecule has 120 valence electrons. The number of carboxylic acid groups (broad SMARTS) is 1. The lowest BCUT2D eigenvalue weighted by molar-refractivity contribution is 0.0697. The first-order chi connectivity index (χ1) is 11.5. The predicted molar refractivity (Wildman–Crippen MR) is 102 cm³/mol. The van der Waals surface area contributed by atoms with E-state index in [0.29, 0.717) is 17.7 Å². The fourth-order valence-corrected chi connectivity index (χ4v) is 2.71. The number of carbonyl (C=O) groups is 1. The number of benzene rings is 2. The van der Waals surface area contributed by atoms with Crippen LogP contribution in [0.3, 0.4) is 0 Å². The number of hydrogen-bond donors (Lipinski definition) is 1. The lowest BCUT2D eigenvalue weighted by Gasteiger charge is -2.07. The Morgan fingerprint density at radius 2 is 1.92 bits per heavy atom. The first-order valence-electron chi connectivity index (χ1n) is 7.04. The van der Waals surface area contributed by atoms with Crippen LogP contribution in [0.2, 0.25) is 0 Å². The molecule has 0 fully saturated rings. The number of aromatic carboxylic acids is 1. The van der Waals surface area contributed by atoms with E-state index in [1.54, 1.807) is 24.3 Å². The number of nitriles is 1. The summed E-state index contributed by atoms with van der Waals surface area (Å²) in [5.74, 6) is -0.231. The third-order valence-corrected chi connectivity index (χ3v) is 4.03. The second kappa shape index (κ2) is 8.31. The molecule has 4 nitrogen and oxygen atoms in total. The third kappa shape index (κ3) is 4.46. The average molecular weight is 431 g/mol. The summed E-state index contributed by atoms with van der Waals surface area (Å²) in [5, 5.41) is 18.3. The molecule has 2 rings (SSSR count). The highest BCUT2D eigenvalue weighted by Gasteiger charge is 2.06. The van der Waals surface area contributed by atoms with Gasteiger partial charge in [0.1, 0.15) is 12.4 Å². The van der Waals surface area contributed by atoms with Gasteiger partial charge in [0.15, 0.2) is 0 Å². The van der Waals surface area contributed by atoms with Gasteiger partial charge in [-0.25, -0.2) is 4.79 Å². The van der Waals surface area contributed by atoms with Crippen molar-refractivity contribution in [1.29, 1.82) is 5.26 Å². The van der Waals surface area contributed by atoms with Crippen LogP contribution in [-0.2, 0) is 0 Å². The fourth-order valence-electron chi connectivity index (χ4n) is 2.01. The Hall–Kier alpha value is -2.59. The van der Waals surface area contributed by atoms with E-state index < -0.39 is 5.97 Å². The topological polar surface area (TPSA) is 70.3 Å². The Kier molecular flexibility index (Phi) is 6.15. The quantitative estimate of drug-likeness (QED) is 0.314. The lowest BCUT2D eigenvalue weighted by Crippen LogP contribution is -1.96. The van der Waals surface area contributed by atoms with Crippen LogP contribution in [0.25, 0.3) is 11.6 Å². The Bertz CT molecular complexity index is 833. The monoisotopic (exact) mass is 431 g/mol. The van der Waals surface area contributed by atoms with Crippen molar-refractivity contribution in [3.8, 4) is 11.8 Å². The minimum Gasteiger partial charge on any atom is -0.488 e. The molecule has 0 saturated heterocycles. The van der Waals surface area contributed by atoms with Gasteiger partial charge in [-0.15, -0.1) is 0 Å². The summed E-state index contributed by atoms with van der Waals surface area (Å²) in [7, 11) is 0. The van der Waals surface area contributed by atoms with Crippen LogP contribution >= 0.6 is 22.6 Å². The van der Waals surface area contributed by atoms with E-state index in [4.69, 9.17) is 9.84 Å². The van der Waals surface area contributed by atoms with Crippen LogP contribution in [0.4, 0.5) is 0 Å². The number of rotatable bonds is 6. The minimum absolute atomic E-state index is 0.189. The molecule has 0 atom stereocenters. The normalized spacial score (nSPS) is 10.8. The van der Waals surface area contributed by atoms with Crippen molar-refractivity contribution < 1.29 is 14.6 Å². The molecule has 5 heteroatoms. The second-order valence-corrected chi connectivity index (χ2v) is 6.00. The number of nitrogens with zero attached hydrogens (tertiary/aromatic N) is 1. The first kappa shape index (κ1) is 17.8. The molecule has 0 aromatic heterocycles. The molecular formula is C19H14INO3. The van der Waals surface area contributed by atoms with E-state index >= 15 is 0 Å². The number of halogens is 1. The van der Waals surface area contributed by atoms with Gasteiger partial charge < -0.3 is 9.84 Å². The predicted octanol–water partition coefficient (Wildman–Crippen LogP) is 4.62. The summed E-state index contributed by atoms with van der Waals surface area (Å²) in [5.41, 5.74) is 2.19. The van der Waals surface area contributed by atoms with Crippen molar-refractivity contribution in [1.82, 2.24) is 0 Å². The van der Waals surface area contributed by atoms with Crippen molar-refractivity contribution in [2.45, 2.75) is 0 Å². The molecule has 0 amide bonds. The van der Waals surface area contributed by atoms with Crippen LogP contribution < -0.4 is 4.74 Å². The van der Waals surface area contributed by atoms with Gasteiger partial charge in [0.2, 0.25) is 0 Å². The first-order valence-corrected chi connectivity index (χ1v) is 8.12. The van der Waals surface area contributed by atoms with Gasteiger partial charge in [-0.05, 0) is 64.1 Å². The summed E-state index contributed by atoms with van der Waals surface area (Å²) in [6.07, 6.45) is 3.44. The molecule has 1 N–H and O–H groups in total. The summed E-state index contributed by atoms with van der Waals surface area (Å²) < 4.78 is 6.46. The number of carboxylic acids is 1. The average Bonchev–Trinajstić information content (AvgIpc) is 2.59. The van der Waals surface area contributed by atoms with Gasteiger partial charge >= 0.3 is 5.97 Å². The molecule has 0 spiro atoms. The summed E-state index contributed by atoms with van der Waals surface area (Å²) in [4.78, 5) is 10.9. The molecule has 0 aliphatic heterocycles. The van der Waals surface area contributed by atoms with Crippen molar-refractivity contribution in [3.05, 3.63) is 75.4 Å². The summed E-state index contributed by atoms with van der Waals surface area (Å²) >= 11 is 2.17. The minimum atomic E-state index is -0.992. The van der Waals surface area contributed by atoms with E-state index in [1.807, 2.05) is 18.2 Å². The van der Waals surface area contributed by atoms with Crippen molar-refractivity contribution in [2.24, 2.45) is 0 Å². The molecule has 0 saturated carbocycles. The Labute approximate surface area is 153 Å². The fraction of sp³-hybridized carbons (Fsp3) is 0.0526. The maximum Gasteiger partial charge on any atom is 0.335 e. The maximum atomic E-state index is 10.9. The van der Waals surface area contributed by atoms with E-state index in [9.17, 15) is 10.1 Å². The Morgan fingerprint density at radius 3 is 2.46 bits per heavy atom. The molecule has 0 unspecified atom stereocenters. The van der Waals surface area contributed by atoms with Gasteiger partial charge in [-0.2, -0.15) is 5.26 Å². The maximum absolute atomic E-state index is 10.9. The SMILES string of the molecule is C=CCOc1ccc(/C=C(/C#N)c2ccc(C(=O)O)cc2)cc1I. The van der Waals surface area contributed by atoms with Crippen molar-refractivity contribution in [2.75, 3.05) is 6.61 Å². The summed E-state index contributed by atoms with van der Waals surface area (Å²) in [6.45, 7) is 4.05. The van der Waals surface area contributed by atoms with E-state index in [2.05, 4.69) is 35.2 Å². The van der Waals surface area contributed by atoms with Crippen LogP contribution in [0.15, 0.2) is 55.1 Å². The van der Waals surface area contributed by atoms with Gasteiger partial charge in [0.25, 0.3) is 0 Å². The number of allylic oxidation sites excluding steroid dienone is 1. The highest BCUT2D eigenvalue weighted by Crippen LogP contribution is 2.25. The molecule has 2 aromatic rings. The molecule has 0 radical (unpaired) electrons. The Balaban J connectivity index is 2.30. The highest BCUT2D eigenvalue weighted by atomic mass is 127. The van der Waals surface area contributed by atoms with E-state index in [-0.39, 0.29) is 5.56 Å². The molecule has 0 aliphatic rings. The lowest BCUT2D eigenvalue weighted by atomic mass is 10.0. The highest BCUT2D eigenvalue weighted by molar-refractivity contribution is 14.1. The zero-order chi connectivity index (χ0) is 17.5. The number of ether oxygens (including phenoxy) is 1. The summed E-state index contributed by atoms with van der Waals surface area (Å²) in [6, 6.07) is 14.0. The van der Waals surface area contributed by atoms with Crippen molar-refractivity contribution >= 4 is 40.2 Å². The third-order valence-electron chi connectivity index (χ3n) is 3.19. The van der Waals surface area contributed by atoms with Gasteiger partial charge in [-0.3, -0.25) is 0 Å². The van der Waals surface area contributed by atoms with Crippen molar-refractivity contribution in [3.63, 3.8) is 0 Å². The molecule has 0 bridgehead atoms. The standard InChI is InChI=1S/C19H14INO3/c1-2-9-24-18-8-3-13(11-17(18)20)10-16(12-21)14-4-6-15(7-5-14)19(22)23/h2-8,10-11H,1,9H2,(H,22,23)/b16-10-. The van der Waals surface area contributed by atoms with Crippen LogP contribution in [0.5, 0.6) is 5.75 Å². The largest absolute Gasteiger partial charge is 0.488 e. The van der Waals surface area contributed by atoms with E-state index in [1.165, 1.54) is 12.1 Å². The van der Waals surface area contributed by atoms with E-state index in [0.717, 1.165) is 14.9 Å².